The van der Waals surface area contributed by atoms with Crippen LogP contribution in [0.5, 0.6) is 0 Å². The molecule has 0 aliphatic carbocycles. The molecule has 1 aromatic carbocycles. The maximum atomic E-state index is 5.27. The van der Waals surface area contributed by atoms with Crippen LogP contribution in [-0.2, 0) is 0 Å². The van der Waals surface area contributed by atoms with Crippen molar-refractivity contribution in [2.75, 3.05) is 0 Å². The van der Waals surface area contributed by atoms with Crippen molar-refractivity contribution in [3.05, 3.63) is 40.7 Å². The van der Waals surface area contributed by atoms with Crippen molar-refractivity contribution >= 4 is 26.5 Å². The number of hydrogen-bond donors (Lipinski definition) is 0. The van der Waals surface area contributed by atoms with Crippen molar-refractivity contribution < 1.29 is 4.42 Å². The maximum absolute atomic E-state index is 5.27. The molecular formula is C9H6OSe. The zero-order chi connectivity index (χ0) is 7.68. The van der Waals surface area contributed by atoms with E-state index >= 15 is 0 Å². The van der Waals surface area contributed by atoms with Crippen molar-refractivity contribution in [2.24, 2.45) is 0 Å². The molecule has 0 spiro atoms. The van der Waals surface area contributed by atoms with Crippen LogP contribution in [0.3, 0.4) is 0 Å². The second-order valence-electron chi connectivity index (χ2n) is 2.28. The zero-order valence-electron chi connectivity index (χ0n) is 5.78. The average Bonchev–Trinajstić information content (AvgIpc) is 2.06. The number of para-hydroxylation sites is 1. The Labute approximate surface area is 72.0 Å². The Morgan fingerprint density at radius 1 is 1.09 bits per heavy atom. The molecule has 0 radical (unpaired) electrons. The summed E-state index contributed by atoms with van der Waals surface area (Å²) < 4.78 is 6.40. The summed E-state index contributed by atoms with van der Waals surface area (Å²) in [4.78, 5) is 0. The third-order valence-corrected chi connectivity index (χ3v) is 2.31. The Bertz CT molecular complexity index is 425. The van der Waals surface area contributed by atoms with Crippen molar-refractivity contribution in [3.8, 4) is 0 Å². The molecule has 11 heavy (non-hydrogen) atoms. The summed E-state index contributed by atoms with van der Waals surface area (Å²) in [6.07, 6.45) is 1.69. The van der Waals surface area contributed by atoms with Gasteiger partial charge in [-0.25, -0.2) is 0 Å². The predicted octanol–water partition coefficient (Wildman–Crippen LogP) is 2.13. The minimum atomic E-state index is 0.920. The van der Waals surface area contributed by atoms with E-state index in [0.29, 0.717) is 0 Å². The predicted molar refractivity (Wildman–Crippen MR) is 45.2 cm³/mol. The van der Waals surface area contributed by atoms with Gasteiger partial charge in [0, 0.05) is 0 Å². The Morgan fingerprint density at radius 3 is 2.73 bits per heavy atom. The Balaban J connectivity index is 3.03. The van der Waals surface area contributed by atoms with Crippen LogP contribution in [0, 0.1) is 4.06 Å². The number of hydrogen-bond acceptors (Lipinski definition) is 1. The van der Waals surface area contributed by atoms with Gasteiger partial charge < -0.3 is 0 Å². The van der Waals surface area contributed by atoms with E-state index in [9.17, 15) is 0 Å². The first-order chi connectivity index (χ1) is 5.38. The monoisotopic (exact) mass is 210 g/mol. The first-order valence-electron chi connectivity index (χ1n) is 3.34. The van der Waals surface area contributed by atoms with E-state index in [2.05, 4.69) is 15.6 Å². The van der Waals surface area contributed by atoms with Crippen molar-refractivity contribution in [3.63, 3.8) is 0 Å². The molecule has 0 N–H and O–H groups in total. The van der Waals surface area contributed by atoms with Crippen LogP contribution >= 0.6 is 0 Å². The van der Waals surface area contributed by atoms with E-state index in [0.717, 1.165) is 15.0 Å². The van der Waals surface area contributed by atoms with Crippen LogP contribution in [0.1, 0.15) is 0 Å². The number of benzene rings is 1. The second kappa shape index (κ2) is 2.65. The number of fused-ring (bicyclic) bond motifs is 1. The summed E-state index contributed by atoms with van der Waals surface area (Å²) in [6.45, 7) is 0. The summed E-state index contributed by atoms with van der Waals surface area (Å²) in [6, 6.07) is 9.87. The molecule has 0 aliphatic rings. The van der Waals surface area contributed by atoms with Crippen molar-refractivity contribution in [1.82, 2.24) is 0 Å². The summed E-state index contributed by atoms with van der Waals surface area (Å²) in [5.41, 5.74) is 0.920. The molecule has 0 amide bonds. The van der Waals surface area contributed by atoms with E-state index in [1.807, 2.05) is 30.3 Å². The summed E-state index contributed by atoms with van der Waals surface area (Å²) in [5, 5.41) is 1.13. The topological polar surface area (TPSA) is 13.1 Å². The van der Waals surface area contributed by atoms with Crippen molar-refractivity contribution in [1.29, 1.82) is 0 Å². The van der Waals surface area contributed by atoms with Crippen LogP contribution in [0.25, 0.3) is 11.0 Å². The third kappa shape index (κ3) is 1.15. The second-order valence-corrected chi connectivity index (χ2v) is 3.20. The van der Waals surface area contributed by atoms with Crippen LogP contribution in [0.4, 0.5) is 0 Å². The Morgan fingerprint density at radius 2 is 1.91 bits per heavy atom. The van der Waals surface area contributed by atoms with Crippen LogP contribution in [0.2, 0.25) is 0 Å². The molecule has 2 aromatic rings. The Kier molecular flexibility index (Phi) is 1.65. The molecule has 0 saturated heterocycles. The van der Waals surface area contributed by atoms with Gasteiger partial charge in [-0.15, -0.1) is 0 Å². The molecule has 0 bridgehead atoms. The molecule has 1 nitrogen and oxygen atoms in total. The minimum absolute atomic E-state index is 0.920. The van der Waals surface area contributed by atoms with Gasteiger partial charge in [-0.3, -0.25) is 0 Å². The van der Waals surface area contributed by atoms with Gasteiger partial charge in [0.15, 0.2) is 0 Å². The fraction of sp³-hybridized carbons (Fsp3) is 0. The fourth-order valence-electron chi connectivity index (χ4n) is 1.03. The normalized spacial score (nSPS) is 10.2. The molecule has 0 saturated carbocycles. The zero-order valence-corrected chi connectivity index (χ0v) is 7.49. The Hall–Kier alpha value is -0.851. The van der Waals surface area contributed by atoms with E-state index in [1.54, 1.807) is 6.26 Å². The summed E-state index contributed by atoms with van der Waals surface area (Å²) in [7, 11) is 0. The molecule has 0 fully saturated rings. The van der Waals surface area contributed by atoms with E-state index < -0.39 is 0 Å². The van der Waals surface area contributed by atoms with Gasteiger partial charge in [-0.2, -0.15) is 0 Å². The van der Waals surface area contributed by atoms with E-state index in [4.69, 9.17) is 4.42 Å². The standard InChI is InChI=1S/C9H6OSe/c11-9-5-6-10-8-4-2-1-3-7(8)9/h1-6H. The van der Waals surface area contributed by atoms with Crippen LogP contribution in [0.15, 0.2) is 41.0 Å². The SMILES string of the molecule is [Se]=c1ccoc2ccccc12. The molecular weight excluding hydrogens is 203 g/mol. The van der Waals surface area contributed by atoms with Gasteiger partial charge in [0.2, 0.25) is 0 Å². The van der Waals surface area contributed by atoms with Crippen molar-refractivity contribution in [2.45, 2.75) is 0 Å². The average molecular weight is 209 g/mol. The molecule has 0 unspecified atom stereocenters. The van der Waals surface area contributed by atoms with Gasteiger partial charge >= 0.3 is 71.6 Å². The quantitative estimate of drug-likeness (QED) is 0.606. The summed E-state index contributed by atoms with van der Waals surface area (Å²) >= 11 is 2.98. The van der Waals surface area contributed by atoms with Crippen LogP contribution in [-0.4, -0.2) is 15.6 Å². The number of rotatable bonds is 0. The van der Waals surface area contributed by atoms with Gasteiger partial charge in [0.05, 0.1) is 0 Å². The first kappa shape index (κ1) is 6.83. The van der Waals surface area contributed by atoms with Crippen LogP contribution < -0.4 is 0 Å². The molecule has 1 heterocycles. The van der Waals surface area contributed by atoms with Gasteiger partial charge in [0.25, 0.3) is 0 Å². The first-order valence-corrected chi connectivity index (χ1v) is 4.20. The molecule has 54 valence electrons. The molecule has 0 atom stereocenters. The third-order valence-electron chi connectivity index (χ3n) is 1.57. The van der Waals surface area contributed by atoms with Gasteiger partial charge in [-0.1, -0.05) is 0 Å². The van der Waals surface area contributed by atoms with Gasteiger partial charge in [0.1, 0.15) is 0 Å². The van der Waals surface area contributed by atoms with E-state index in [1.165, 1.54) is 0 Å². The van der Waals surface area contributed by atoms with Gasteiger partial charge in [-0.05, 0) is 0 Å². The summed E-state index contributed by atoms with van der Waals surface area (Å²) in [5.74, 6) is 0. The van der Waals surface area contributed by atoms with E-state index in [-0.39, 0.29) is 0 Å². The fourth-order valence-corrected chi connectivity index (χ4v) is 1.50. The molecule has 2 rings (SSSR count). The molecule has 0 aliphatic heterocycles. The molecule has 2 heteroatoms. The molecule has 1 aromatic heterocycles.